The van der Waals surface area contributed by atoms with Gasteiger partial charge >= 0.3 is 0 Å². The minimum absolute atomic E-state index is 0.448. The van der Waals surface area contributed by atoms with Gasteiger partial charge < -0.3 is 5.73 Å². The molecule has 0 unspecified atom stereocenters. The molecule has 0 spiro atoms. The van der Waals surface area contributed by atoms with Gasteiger partial charge in [-0.3, -0.25) is 9.78 Å². The molecule has 3 heteroatoms. The van der Waals surface area contributed by atoms with Crippen LogP contribution in [-0.2, 0) is 0 Å². The highest BCUT2D eigenvalue weighted by molar-refractivity contribution is 5.99. The van der Waals surface area contributed by atoms with E-state index in [-0.39, 0.29) is 0 Å². The number of hydrogen-bond acceptors (Lipinski definition) is 2. The van der Waals surface area contributed by atoms with Crippen LogP contribution in [0.1, 0.15) is 10.4 Å². The van der Waals surface area contributed by atoms with Gasteiger partial charge in [0, 0.05) is 12.4 Å². The van der Waals surface area contributed by atoms with Crippen molar-refractivity contribution in [3.05, 3.63) is 54.4 Å². The first-order valence-corrected chi connectivity index (χ1v) is 4.58. The standard InChI is InChI=1S/C12H10N2O/c13-12(15)11-8-14-7-6-10(11)9-4-2-1-3-5-9/h1-8H,(H2,13,15). The van der Waals surface area contributed by atoms with Gasteiger partial charge in [-0.15, -0.1) is 0 Å². The number of rotatable bonds is 2. The summed E-state index contributed by atoms with van der Waals surface area (Å²) >= 11 is 0. The molecule has 15 heavy (non-hydrogen) atoms. The number of primary amides is 1. The van der Waals surface area contributed by atoms with E-state index in [4.69, 9.17) is 5.73 Å². The topological polar surface area (TPSA) is 56.0 Å². The van der Waals surface area contributed by atoms with Crippen LogP contribution in [0.3, 0.4) is 0 Å². The van der Waals surface area contributed by atoms with Crippen molar-refractivity contribution in [2.24, 2.45) is 5.73 Å². The van der Waals surface area contributed by atoms with Crippen LogP contribution < -0.4 is 5.73 Å². The molecule has 0 aliphatic rings. The third-order valence-corrected chi connectivity index (χ3v) is 2.17. The summed E-state index contributed by atoms with van der Waals surface area (Å²) in [5.41, 5.74) is 7.50. The Bertz CT molecular complexity index is 480. The van der Waals surface area contributed by atoms with E-state index in [0.29, 0.717) is 5.56 Å². The normalized spacial score (nSPS) is 9.87. The zero-order valence-electron chi connectivity index (χ0n) is 8.05. The fourth-order valence-corrected chi connectivity index (χ4v) is 1.46. The first kappa shape index (κ1) is 9.40. The summed E-state index contributed by atoms with van der Waals surface area (Å²) in [5.74, 6) is -0.457. The zero-order valence-corrected chi connectivity index (χ0v) is 8.05. The number of nitrogens with two attached hydrogens (primary N) is 1. The molecular formula is C12H10N2O. The number of hydrogen-bond donors (Lipinski definition) is 1. The van der Waals surface area contributed by atoms with Crippen LogP contribution in [0.15, 0.2) is 48.8 Å². The fraction of sp³-hybridized carbons (Fsp3) is 0. The molecule has 0 aliphatic heterocycles. The Morgan fingerprint density at radius 2 is 1.87 bits per heavy atom. The molecule has 3 nitrogen and oxygen atoms in total. The Hall–Kier alpha value is -2.16. The maximum Gasteiger partial charge on any atom is 0.250 e. The van der Waals surface area contributed by atoms with Gasteiger partial charge in [-0.2, -0.15) is 0 Å². The number of carbonyl (C=O) groups excluding carboxylic acids is 1. The number of carbonyl (C=O) groups is 1. The van der Waals surface area contributed by atoms with Crippen molar-refractivity contribution in [3.8, 4) is 11.1 Å². The molecule has 0 radical (unpaired) electrons. The molecule has 74 valence electrons. The molecule has 0 fully saturated rings. The molecule has 2 N–H and O–H groups in total. The Balaban J connectivity index is 2.58. The lowest BCUT2D eigenvalue weighted by Gasteiger charge is -2.05. The summed E-state index contributed by atoms with van der Waals surface area (Å²) in [4.78, 5) is 15.1. The summed E-state index contributed by atoms with van der Waals surface area (Å²) in [6.45, 7) is 0. The van der Waals surface area contributed by atoms with Gasteiger partial charge in [0.25, 0.3) is 5.91 Å². The molecule has 2 rings (SSSR count). The summed E-state index contributed by atoms with van der Waals surface area (Å²) in [5, 5.41) is 0. The lowest BCUT2D eigenvalue weighted by molar-refractivity contribution is 0.100. The quantitative estimate of drug-likeness (QED) is 0.800. The highest BCUT2D eigenvalue weighted by atomic mass is 16.1. The van der Waals surface area contributed by atoms with E-state index in [1.54, 1.807) is 12.3 Å². The van der Waals surface area contributed by atoms with Crippen molar-refractivity contribution < 1.29 is 4.79 Å². The van der Waals surface area contributed by atoms with E-state index in [2.05, 4.69) is 4.98 Å². The Morgan fingerprint density at radius 3 is 2.53 bits per heavy atom. The van der Waals surface area contributed by atoms with Crippen LogP contribution >= 0.6 is 0 Å². The molecule has 0 atom stereocenters. The predicted octanol–water partition coefficient (Wildman–Crippen LogP) is 1.85. The molecule has 1 heterocycles. The number of aromatic nitrogens is 1. The van der Waals surface area contributed by atoms with E-state index < -0.39 is 5.91 Å². The molecule has 2 aromatic rings. The summed E-state index contributed by atoms with van der Waals surface area (Å²) in [6.07, 6.45) is 3.14. The highest BCUT2D eigenvalue weighted by Crippen LogP contribution is 2.21. The van der Waals surface area contributed by atoms with E-state index in [9.17, 15) is 4.79 Å². The third kappa shape index (κ3) is 1.86. The highest BCUT2D eigenvalue weighted by Gasteiger charge is 2.08. The second-order valence-electron chi connectivity index (χ2n) is 3.15. The summed E-state index contributed by atoms with van der Waals surface area (Å²) < 4.78 is 0. The molecule has 0 bridgehead atoms. The SMILES string of the molecule is NC(=O)c1cnccc1-c1ccccc1. The van der Waals surface area contributed by atoms with E-state index in [1.165, 1.54) is 6.20 Å². The first-order valence-electron chi connectivity index (χ1n) is 4.58. The Labute approximate surface area is 87.6 Å². The van der Waals surface area contributed by atoms with E-state index in [1.807, 2.05) is 30.3 Å². The van der Waals surface area contributed by atoms with Gasteiger partial charge in [0.15, 0.2) is 0 Å². The molecule has 0 saturated heterocycles. The monoisotopic (exact) mass is 198 g/mol. The van der Waals surface area contributed by atoms with Gasteiger partial charge in [-0.1, -0.05) is 30.3 Å². The van der Waals surface area contributed by atoms with Crippen LogP contribution in [0.2, 0.25) is 0 Å². The van der Waals surface area contributed by atoms with Crippen molar-refractivity contribution in [3.63, 3.8) is 0 Å². The van der Waals surface area contributed by atoms with Crippen molar-refractivity contribution >= 4 is 5.91 Å². The number of amides is 1. The number of pyridine rings is 1. The van der Waals surface area contributed by atoms with Crippen molar-refractivity contribution in [1.82, 2.24) is 4.98 Å². The molecular weight excluding hydrogens is 188 g/mol. The average molecular weight is 198 g/mol. The van der Waals surface area contributed by atoms with Crippen LogP contribution in [-0.4, -0.2) is 10.9 Å². The molecule has 0 aliphatic carbocycles. The van der Waals surface area contributed by atoms with Crippen molar-refractivity contribution in [2.75, 3.05) is 0 Å². The average Bonchev–Trinajstić information content (AvgIpc) is 2.30. The molecule has 1 aromatic heterocycles. The van der Waals surface area contributed by atoms with E-state index >= 15 is 0 Å². The maximum absolute atomic E-state index is 11.2. The van der Waals surface area contributed by atoms with Crippen molar-refractivity contribution in [1.29, 1.82) is 0 Å². The van der Waals surface area contributed by atoms with Crippen LogP contribution in [0.4, 0.5) is 0 Å². The maximum atomic E-state index is 11.2. The molecule has 0 saturated carbocycles. The third-order valence-electron chi connectivity index (χ3n) is 2.17. The van der Waals surface area contributed by atoms with Crippen LogP contribution in [0.25, 0.3) is 11.1 Å². The Kier molecular flexibility index (Phi) is 2.46. The van der Waals surface area contributed by atoms with E-state index in [0.717, 1.165) is 11.1 Å². The van der Waals surface area contributed by atoms with Gasteiger partial charge in [-0.05, 0) is 17.2 Å². The summed E-state index contributed by atoms with van der Waals surface area (Å²) in [7, 11) is 0. The van der Waals surface area contributed by atoms with Crippen molar-refractivity contribution in [2.45, 2.75) is 0 Å². The number of nitrogens with zero attached hydrogens (tertiary/aromatic N) is 1. The lowest BCUT2D eigenvalue weighted by atomic mass is 10.0. The molecule has 1 amide bonds. The predicted molar refractivity (Wildman–Crippen MR) is 58.2 cm³/mol. The number of benzene rings is 1. The summed E-state index contributed by atoms with van der Waals surface area (Å²) in [6, 6.07) is 11.4. The fourth-order valence-electron chi connectivity index (χ4n) is 1.46. The minimum Gasteiger partial charge on any atom is -0.366 e. The second-order valence-corrected chi connectivity index (χ2v) is 3.15. The van der Waals surface area contributed by atoms with Gasteiger partial charge in [0.05, 0.1) is 5.56 Å². The molecule has 1 aromatic carbocycles. The largest absolute Gasteiger partial charge is 0.366 e. The smallest absolute Gasteiger partial charge is 0.250 e. The Morgan fingerprint density at radius 1 is 1.13 bits per heavy atom. The zero-order chi connectivity index (χ0) is 10.7. The van der Waals surface area contributed by atoms with Crippen LogP contribution in [0, 0.1) is 0 Å². The van der Waals surface area contributed by atoms with Crippen LogP contribution in [0.5, 0.6) is 0 Å². The first-order chi connectivity index (χ1) is 7.29. The van der Waals surface area contributed by atoms with Gasteiger partial charge in [-0.25, -0.2) is 0 Å². The van der Waals surface area contributed by atoms with Gasteiger partial charge in [0.1, 0.15) is 0 Å². The second kappa shape index (κ2) is 3.92. The minimum atomic E-state index is -0.457. The van der Waals surface area contributed by atoms with Gasteiger partial charge in [0.2, 0.25) is 0 Å². The lowest BCUT2D eigenvalue weighted by Crippen LogP contribution is -2.12.